The predicted molar refractivity (Wildman–Crippen MR) is 104 cm³/mol. The normalized spacial score (nSPS) is 19.4. The SMILES string of the molecule is CCOC(=O)CN=CC1C(=O)c2cc(C)ccc2SC1c1ccccc1. The first-order valence-electron chi connectivity index (χ1n) is 8.62. The molecule has 3 rings (SSSR count). The first-order chi connectivity index (χ1) is 12.6. The largest absolute Gasteiger partial charge is 0.465 e. The number of carbonyl (C=O) groups excluding carboxylic acids is 2. The van der Waals surface area contributed by atoms with Crippen molar-refractivity contribution in [3.63, 3.8) is 0 Å². The van der Waals surface area contributed by atoms with Gasteiger partial charge in [0.2, 0.25) is 0 Å². The monoisotopic (exact) mass is 367 g/mol. The van der Waals surface area contributed by atoms with E-state index in [0.717, 1.165) is 21.6 Å². The molecule has 0 radical (unpaired) electrons. The highest BCUT2D eigenvalue weighted by Crippen LogP contribution is 2.47. The Hall–Kier alpha value is -2.40. The molecular formula is C21H21NO3S. The molecule has 0 amide bonds. The molecule has 1 heterocycles. The minimum Gasteiger partial charge on any atom is -0.465 e. The second-order valence-electron chi connectivity index (χ2n) is 6.13. The number of hydrogen-bond acceptors (Lipinski definition) is 5. The van der Waals surface area contributed by atoms with E-state index in [9.17, 15) is 9.59 Å². The van der Waals surface area contributed by atoms with E-state index < -0.39 is 5.92 Å². The maximum absolute atomic E-state index is 13.1. The van der Waals surface area contributed by atoms with Crippen LogP contribution in [0.25, 0.3) is 0 Å². The van der Waals surface area contributed by atoms with Gasteiger partial charge in [0.15, 0.2) is 5.78 Å². The van der Waals surface area contributed by atoms with Crippen LogP contribution in [0.3, 0.4) is 0 Å². The molecule has 0 saturated heterocycles. The van der Waals surface area contributed by atoms with E-state index in [1.807, 2.05) is 55.5 Å². The molecule has 1 aliphatic rings. The molecule has 134 valence electrons. The number of hydrogen-bond donors (Lipinski definition) is 0. The van der Waals surface area contributed by atoms with Crippen LogP contribution in [0.4, 0.5) is 0 Å². The van der Waals surface area contributed by atoms with Gasteiger partial charge in [0.1, 0.15) is 6.54 Å². The van der Waals surface area contributed by atoms with Crippen LogP contribution in [0.2, 0.25) is 0 Å². The lowest BCUT2D eigenvalue weighted by molar-refractivity contribution is -0.141. The summed E-state index contributed by atoms with van der Waals surface area (Å²) in [4.78, 5) is 29.9. The maximum atomic E-state index is 13.1. The van der Waals surface area contributed by atoms with Crippen LogP contribution in [-0.4, -0.2) is 31.1 Å². The Balaban J connectivity index is 1.92. The van der Waals surface area contributed by atoms with Gasteiger partial charge in [-0.05, 0) is 31.5 Å². The van der Waals surface area contributed by atoms with E-state index in [2.05, 4.69) is 4.99 Å². The Kier molecular flexibility index (Phi) is 5.89. The van der Waals surface area contributed by atoms with E-state index in [0.29, 0.717) is 6.61 Å². The molecule has 0 fully saturated rings. The van der Waals surface area contributed by atoms with Gasteiger partial charge in [0.05, 0.1) is 12.5 Å². The van der Waals surface area contributed by atoms with E-state index >= 15 is 0 Å². The fourth-order valence-corrected chi connectivity index (χ4v) is 4.32. The van der Waals surface area contributed by atoms with E-state index in [1.165, 1.54) is 0 Å². The van der Waals surface area contributed by atoms with Crippen LogP contribution in [0.1, 0.15) is 33.7 Å². The third-order valence-corrected chi connectivity index (χ3v) is 5.63. The zero-order valence-electron chi connectivity index (χ0n) is 14.8. The van der Waals surface area contributed by atoms with Gasteiger partial charge in [-0.3, -0.25) is 14.6 Å². The fourth-order valence-electron chi connectivity index (χ4n) is 2.98. The fraction of sp³-hybridized carbons (Fsp3) is 0.286. The topological polar surface area (TPSA) is 55.7 Å². The average Bonchev–Trinajstić information content (AvgIpc) is 2.65. The summed E-state index contributed by atoms with van der Waals surface area (Å²) in [5.74, 6) is -0.748. The second-order valence-corrected chi connectivity index (χ2v) is 7.32. The minimum absolute atomic E-state index is 0.0453. The molecule has 4 nitrogen and oxygen atoms in total. The third-order valence-electron chi connectivity index (χ3n) is 4.20. The van der Waals surface area contributed by atoms with Crippen molar-refractivity contribution >= 4 is 29.7 Å². The summed E-state index contributed by atoms with van der Waals surface area (Å²) in [6, 6.07) is 15.9. The molecule has 2 aromatic carbocycles. The number of Topliss-reactive ketones (excluding diaryl/α,β-unsaturated/α-hetero) is 1. The number of aryl methyl sites for hydroxylation is 1. The van der Waals surface area contributed by atoms with E-state index in [-0.39, 0.29) is 23.5 Å². The lowest BCUT2D eigenvalue weighted by Crippen LogP contribution is -2.27. The molecular weight excluding hydrogens is 346 g/mol. The van der Waals surface area contributed by atoms with E-state index in [1.54, 1.807) is 24.9 Å². The van der Waals surface area contributed by atoms with Crippen LogP contribution < -0.4 is 0 Å². The van der Waals surface area contributed by atoms with Crippen LogP contribution in [0, 0.1) is 12.8 Å². The number of esters is 1. The highest BCUT2D eigenvalue weighted by molar-refractivity contribution is 7.99. The molecule has 2 unspecified atom stereocenters. The number of ether oxygens (including phenoxy) is 1. The van der Waals surface area contributed by atoms with Crippen molar-refractivity contribution in [3.05, 3.63) is 65.2 Å². The second kappa shape index (κ2) is 8.32. The van der Waals surface area contributed by atoms with Crippen LogP contribution >= 0.6 is 11.8 Å². The van der Waals surface area contributed by atoms with Gasteiger partial charge in [0.25, 0.3) is 0 Å². The van der Waals surface area contributed by atoms with Gasteiger partial charge < -0.3 is 4.74 Å². The van der Waals surface area contributed by atoms with Crippen molar-refractivity contribution in [2.75, 3.05) is 13.2 Å². The van der Waals surface area contributed by atoms with Crippen molar-refractivity contribution in [3.8, 4) is 0 Å². The first kappa shape index (κ1) is 18.4. The van der Waals surface area contributed by atoms with Gasteiger partial charge in [-0.1, -0.05) is 42.0 Å². The van der Waals surface area contributed by atoms with Crippen molar-refractivity contribution < 1.29 is 14.3 Å². The van der Waals surface area contributed by atoms with E-state index in [4.69, 9.17) is 4.74 Å². The smallest absolute Gasteiger partial charge is 0.327 e. The summed E-state index contributed by atoms with van der Waals surface area (Å²) in [6.45, 7) is 4.00. The number of thioether (sulfide) groups is 1. The van der Waals surface area contributed by atoms with Gasteiger partial charge >= 0.3 is 5.97 Å². The Morgan fingerprint density at radius 1 is 1.23 bits per heavy atom. The molecule has 0 aliphatic carbocycles. The standard InChI is InChI=1S/C21H21NO3S/c1-3-25-19(23)13-22-12-17-20(24)16-11-14(2)9-10-18(16)26-21(17)15-7-5-4-6-8-15/h4-12,17,21H,3,13H2,1-2H3. The molecule has 1 aliphatic heterocycles. The van der Waals surface area contributed by atoms with Crippen LogP contribution in [0.15, 0.2) is 58.4 Å². The van der Waals surface area contributed by atoms with Crippen molar-refractivity contribution in [1.82, 2.24) is 0 Å². The number of ketones is 1. The molecule has 0 aromatic heterocycles. The summed E-state index contributed by atoms with van der Waals surface area (Å²) >= 11 is 1.67. The summed E-state index contributed by atoms with van der Waals surface area (Å²) in [5.41, 5.74) is 2.86. The predicted octanol–water partition coefficient (Wildman–Crippen LogP) is 4.27. The molecule has 5 heteroatoms. The first-order valence-corrected chi connectivity index (χ1v) is 9.50. The van der Waals surface area contributed by atoms with Crippen LogP contribution in [0.5, 0.6) is 0 Å². The molecule has 0 saturated carbocycles. The van der Waals surface area contributed by atoms with Gasteiger partial charge in [-0.25, -0.2) is 0 Å². The summed E-state index contributed by atoms with van der Waals surface area (Å²) in [6.07, 6.45) is 1.62. The van der Waals surface area contributed by atoms with Crippen molar-refractivity contribution in [2.24, 2.45) is 10.9 Å². The molecule has 26 heavy (non-hydrogen) atoms. The molecule has 2 aromatic rings. The number of rotatable bonds is 5. The number of fused-ring (bicyclic) bond motifs is 1. The van der Waals surface area contributed by atoms with Crippen LogP contribution in [-0.2, 0) is 9.53 Å². The van der Waals surface area contributed by atoms with Gasteiger partial charge in [-0.2, -0.15) is 0 Å². The Labute approximate surface area is 157 Å². The Morgan fingerprint density at radius 2 is 2.00 bits per heavy atom. The van der Waals surface area contributed by atoms with Gasteiger partial charge in [-0.15, -0.1) is 11.8 Å². The third kappa shape index (κ3) is 4.05. The number of benzene rings is 2. The quantitative estimate of drug-likeness (QED) is 0.585. The number of carbonyl (C=O) groups is 2. The summed E-state index contributed by atoms with van der Waals surface area (Å²) in [7, 11) is 0. The molecule has 0 bridgehead atoms. The highest BCUT2D eigenvalue weighted by atomic mass is 32.2. The number of nitrogens with zero attached hydrogens (tertiary/aromatic N) is 1. The minimum atomic E-state index is -0.411. The van der Waals surface area contributed by atoms with Crippen molar-refractivity contribution in [2.45, 2.75) is 24.0 Å². The molecule has 0 spiro atoms. The lowest BCUT2D eigenvalue weighted by atomic mass is 9.90. The van der Waals surface area contributed by atoms with Gasteiger partial charge in [0, 0.05) is 21.9 Å². The zero-order chi connectivity index (χ0) is 18.5. The Bertz CT molecular complexity index is 832. The van der Waals surface area contributed by atoms with Crippen molar-refractivity contribution in [1.29, 1.82) is 0 Å². The zero-order valence-corrected chi connectivity index (χ0v) is 15.7. The summed E-state index contributed by atoms with van der Waals surface area (Å²) < 4.78 is 4.90. The highest BCUT2D eigenvalue weighted by Gasteiger charge is 2.36. The molecule has 0 N–H and O–H groups in total. The average molecular weight is 367 g/mol. The Morgan fingerprint density at radius 3 is 2.73 bits per heavy atom. The number of aliphatic imine (C=N–C) groups is 1. The lowest BCUT2D eigenvalue weighted by Gasteiger charge is -2.29. The maximum Gasteiger partial charge on any atom is 0.327 e. The summed E-state index contributed by atoms with van der Waals surface area (Å²) in [5, 5.41) is -0.0650. The molecule has 2 atom stereocenters.